The molecule has 0 aromatic heterocycles. The molecule has 0 unspecified atom stereocenters. The SMILES string of the molecule is CC.CC(=N)c1ccccc1C=N. The molecule has 2 nitrogen and oxygen atoms in total. The molecule has 0 aliphatic carbocycles. The van der Waals surface area contributed by atoms with Crippen molar-refractivity contribution in [2.45, 2.75) is 20.8 Å². The molecule has 0 atom stereocenters. The zero-order chi connectivity index (χ0) is 10.3. The summed E-state index contributed by atoms with van der Waals surface area (Å²) >= 11 is 0. The molecular formula is C11H16N2. The summed E-state index contributed by atoms with van der Waals surface area (Å²) < 4.78 is 0. The molecule has 0 spiro atoms. The van der Waals surface area contributed by atoms with Gasteiger partial charge in [-0.3, -0.25) is 0 Å². The average molecular weight is 176 g/mol. The standard InChI is InChI=1S/C9H10N2.C2H6/c1-7(11)9-5-3-2-4-8(9)6-10;1-2/h2-6,10-11H,1H3;1-2H3. The maximum atomic E-state index is 7.38. The van der Waals surface area contributed by atoms with Crippen LogP contribution in [0.25, 0.3) is 0 Å². The third kappa shape index (κ3) is 3.20. The summed E-state index contributed by atoms with van der Waals surface area (Å²) in [6.45, 7) is 5.72. The van der Waals surface area contributed by atoms with E-state index in [0.29, 0.717) is 5.71 Å². The minimum Gasteiger partial charge on any atom is -0.308 e. The van der Waals surface area contributed by atoms with Crippen molar-refractivity contribution in [3.05, 3.63) is 35.4 Å². The largest absolute Gasteiger partial charge is 0.308 e. The van der Waals surface area contributed by atoms with Gasteiger partial charge in [-0.1, -0.05) is 38.1 Å². The first kappa shape index (κ1) is 11.6. The Hall–Kier alpha value is -1.44. The van der Waals surface area contributed by atoms with Crippen LogP contribution in [0.5, 0.6) is 0 Å². The second kappa shape index (κ2) is 6.12. The summed E-state index contributed by atoms with van der Waals surface area (Å²) in [7, 11) is 0. The second-order valence-electron chi connectivity index (χ2n) is 2.36. The first-order chi connectivity index (χ1) is 6.25. The molecule has 0 bridgehead atoms. The quantitative estimate of drug-likeness (QED) is 0.650. The number of nitrogens with one attached hydrogen (secondary N) is 2. The Morgan fingerprint density at radius 1 is 1.23 bits per heavy atom. The van der Waals surface area contributed by atoms with Gasteiger partial charge in [0.15, 0.2) is 0 Å². The van der Waals surface area contributed by atoms with Gasteiger partial charge in [-0.05, 0) is 6.92 Å². The molecule has 0 fully saturated rings. The van der Waals surface area contributed by atoms with Crippen molar-refractivity contribution in [2.75, 3.05) is 0 Å². The van der Waals surface area contributed by atoms with E-state index in [1.165, 1.54) is 6.21 Å². The summed E-state index contributed by atoms with van der Waals surface area (Å²) in [4.78, 5) is 0. The van der Waals surface area contributed by atoms with Crippen molar-refractivity contribution in [3.8, 4) is 0 Å². The Bertz CT molecular complexity index is 290. The highest BCUT2D eigenvalue weighted by Crippen LogP contribution is 2.05. The van der Waals surface area contributed by atoms with Gasteiger partial charge in [0.2, 0.25) is 0 Å². The third-order valence-corrected chi connectivity index (χ3v) is 1.52. The average Bonchev–Trinajstić information content (AvgIpc) is 2.20. The molecule has 0 amide bonds. The summed E-state index contributed by atoms with van der Waals surface area (Å²) in [5.41, 5.74) is 2.15. The fourth-order valence-corrected chi connectivity index (χ4v) is 0.964. The van der Waals surface area contributed by atoms with Crippen molar-refractivity contribution in [1.29, 1.82) is 10.8 Å². The summed E-state index contributed by atoms with van der Waals surface area (Å²) in [5, 5.41) is 14.4. The van der Waals surface area contributed by atoms with Crippen LogP contribution in [-0.2, 0) is 0 Å². The number of benzene rings is 1. The molecule has 0 aliphatic heterocycles. The Labute approximate surface area is 79.6 Å². The van der Waals surface area contributed by atoms with Crippen molar-refractivity contribution in [2.24, 2.45) is 0 Å². The predicted molar refractivity (Wildman–Crippen MR) is 58.2 cm³/mol. The van der Waals surface area contributed by atoms with E-state index in [1.807, 2.05) is 38.1 Å². The van der Waals surface area contributed by atoms with Crippen LogP contribution in [0.1, 0.15) is 31.9 Å². The van der Waals surface area contributed by atoms with Gasteiger partial charge in [0.05, 0.1) is 0 Å². The van der Waals surface area contributed by atoms with E-state index >= 15 is 0 Å². The fraction of sp³-hybridized carbons (Fsp3) is 0.273. The van der Waals surface area contributed by atoms with E-state index in [0.717, 1.165) is 11.1 Å². The van der Waals surface area contributed by atoms with Crippen molar-refractivity contribution in [3.63, 3.8) is 0 Å². The van der Waals surface area contributed by atoms with Crippen molar-refractivity contribution < 1.29 is 0 Å². The van der Waals surface area contributed by atoms with Crippen LogP contribution in [0.3, 0.4) is 0 Å². The van der Waals surface area contributed by atoms with E-state index in [-0.39, 0.29) is 0 Å². The summed E-state index contributed by atoms with van der Waals surface area (Å²) in [5.74, 6) is 0. The maximum Gasteiger partial charge on any atom is 0.0361 e. The molecule has 0 heterocycles. The smallest absolute Gasteiger partial charge is 0.0361 e. The summed E-state index contributed by atoms with van der Waals surface area (Å²) in [6, 6.07) is 7.43. The Morgan fingerprint density at radius 3 is 2.15 bits per heavy atom. The van der Waals surface area contributed by atoms with E-state index in [2.05, 4.69) is 0 Å². The molecule has 1 rings (SSSR count). The number of rotatable bonds is 2. The zero-order valence-electron chi connectivity index (χ0n) is 8.39. The van der Waals surface area contributed by atoms with Gasteiger partial charge < -0.3 is 10.8 Å². The Balaban J connectivity index is 0.000000671. The summed E-state index contributed by atoms with van der Waals surface area (Å²) in [6.07, 6.45) is 1.27. The van der Waals surface area contributed by atoms with Gasteiger partial charge in [-0.2, -0.15) is 0 Å². The molecule has 0 aliphatic rings. The molecule has 1 aromatic carbocycles. The predicted octanol–water partition coefficient (Wildman–Crippen LogP) is 3.10. The number of hydrogen-bond donors (Lipinski definition) is 2. The van der Waals surface area contributed by atoms with E-state index in [4.69, 9.17) is 10.8 Å². The first-order valence-electron chi connectivity index (χ1n) is 4.40. The topological polar surface area (TPSA) is 47.7 Å². The fourth-order valence-electron chi connectivity index (χ4n) is 0.964. The van der Waals surface area contributed by atoms with Gasteiger partial charge in [-0.15, -0.1) is 0 Å². The Morgan fingerprint density at radius 2 is 1.77 bits per heavy atom. The molecule has 0 saturated heterocycles. The molecule has 0 saturated carbocycles. The minimum absolute atomic E-state index is 0.504. The molecule has 2 N–H and O–H groups in total. The normalized spacial score (nSPS) is 8.23. The monoisotopic (exact) mass is 176 g/mol. The maximum absolute atomic E-state index is 7.38. The molecule has 70 valence electrons. The van der Waals surface area contributed by atoms with Gasteiger partial charge in [0, 0.05) is 23.1 Å². The van der Waals surface area contributed by atoms with Crippen LogP contribution >= 0.6 is 0 Å². The van der Waals surface area contributed by atoms with Crippen LogP contribution in [-0.4, -0.2) is 11.9 Å². The molecule has 0 radical (unpaired) electrons. The van der Waals surface area contributed by atoms with Gasteiger partial charge in [0.25, 0.3) is 0 Å². The van der Waals surface area contributed by atoms with Crippen molar-refractivity contribution >= 4 is 11.9 Å². The first-order valence-corrected chi connectivity index (χ1v) is 4.40. The second-order valence-corrected chi connectivity index (χ2v) is 2.36. The van der Waals surface area contributed by atoms with Crippen LogP contribution in [0.4, 0.5) is 0 Å². The van der Waals surface area contributed by atoms with Gasteiger partial charge in [0.1, 0.15) is 0 Å². The lowest BCUT2D eigenvalue weighted by Gasteiger charge is -2.00. The minimum atomic E-state index is 0.504. The highest BCUT2D eigenvalue weighted by molar-refractivity contribution is 6.03. The van der Waals surface area contributed by atoms with E-state index in [1.54, 1.807) is 6.92 Å². The third-order valence-electron chi connectivity index (χ3n) is 1.52. The lowest BCUT2D eigenvalue weighted by atomic mass is 10.1. The van der Waals surface area contributed by atoms with Crippen LogP contribution < -0.4 is 0 Å². The lowest BCUT2D eigenvalue weighted by molar-refractivity contribution is 1.44. The van der Waals surface area contributed by atoms with Crippen LogP contribution in [0.15, 0.2) is 24.3 Å². The van der Waals surface area contributed by atoms with E-state index < -0.39 is 0 Å². The van der Waals surface area contributed by atoms with E-state index in [9.17, 15) is 0 Å². The molecule has 1 aromatic rings. The lowest BCUT2D eigenvalue weighted by Crippen LogP contribution is -1.97. The van der Waals surface area contributed by atoms with Crippen LogP contribution in [0.2, 0.25) is 0 Å². The Kier molecular flexibility index (Phi) is 5.44. The molecule has 13 heavy (non-hydrogen) atoms. The van der Waals surface area contributed by atoms with Gasteiger partial charge in [-0.25, -0.2) is 0 Å². The highest BCUT2D eigenvalue weighted by Gasteiger charge is 1.98. The number of hydrogen-bond acceptors (Lipinski definition) is 2. The van der Waals surface area contributed by atoms with Crippen molar-refractivity contribution in [1.82, 2.24) is 0 Å². The zero-order valence-corrected chi connectivity index (χ0v) is 8.39. The highest BCUT2D eigenvalue weighted by atomic mass is 14.4. The van der Waals surface area contributed by atoms with Gasteiger partial charge >= 0.3 is 0 Å². The molecular weight excluding hydrogens is 160 g/mol. The van der Waals surface area contributed by atoms with Crippen LogP contribution in [0, 0.1) is 10.8 Å². The molecule has 2 heteroatoms.